The van der Waals surface area contributed by atoms with Crippen molar-refractivity contribution >= 4 is 11.8 Å². The van der Waals surface area contributed by atoms with Gasteiger partial charge in [-0.3, -0.25) is 9.78 Å². The number of carboxylic acids is 1. The quantitative estimate of drug-likeness (QED) is 0.842. The van der Waals surface area contributed by atoms with E-state index in [0.29, 0.717) is 11.4 Å². The van der Waals surface area contributed by atoms with Gasteiger partial charge in [-0.25, -0.2) is 4.79 Å². The number of pyridine rings is 1. The first-order valence-corrected chi connectivity index (χ1v) is 5.13. The van der Waals surface area contributed by atoms with Crippen LogP contribution in [0.1, 0.15) is 35.6 Å². The van der Waals surface area contributed by atoms with Crippen LogP contribution in [0.4, 0.5) is 0 Å². The van der Waals surface area contributed by atoms with Gasteiger partial charge in [-0.15, -0.1) is 0 Å². The summed E-state index contributed by atoms with van der Waals surface area (Å²) < 4.78 is 0. The molecule has 0 atom stereocenters. The van der Waals surface area contributed by atoms with Gasteiger partial charge in [0, 0.05) is 23.7 Å². The van der Waals surface area contributed by atoms with Crippen LogP contribution >= 0.6 is 0 Å². The van der Waals surface area contributed by atoms with Crippen molar-refractivity contribution in [3.8, 4) is 0 Å². The van der Waals surface area contributed by atoms with Crippen LogP contribution in [-0.2, 0) is 11.2 Å². The number of aromatic nitrogens is 1. The fourth-order valence-electron chi connectivity index (χ4n) is 1.33. The highest BCUT2D eigenvalue weighted by molar-refractivity contribution is 5.88. The molecular weight excluding hydrogens is 206 g/mol. The molecule has 0 aliphatic rings. The lowest BCUT2D eigenvalue weighted by Gasteiger charge is -2.05. The summed E-state index contributed by atoms with van der Waals surface area (Å²) in [5, 5.41) is 8.86. The Labute approximate surface area is 94.3 Å². The third-order valence-electron chi connectivity index (χ3n) is 2.25. The normalized spacial score (nSPS) is 10.5. The van der Waals surface area contributed by atoms with Gasteiger partial charge >= 0.3 is 5.97 Å². The highest BCUT2D eigenvalue weighted by Gasteiger charge is 2.12. The third kappa shape index (κ3) is 3.15. The third-order valence-corrected chi connectivity index (χ3v) is 2.25. The zero-order valence-electron chi connectivity index (χ0n) is 9.65. The molecule has 1 heterocycles. The van der Waals surface area contributed by atoms with Crippen LogP contribution in [0.3, 0.4) is 0 Å². The van der Waals surface area contributed by atoms with E-state index in [1.165, 1.54) is 12.1 Å². The highest BCUT2D eigenvalue weighted by atomic mass is 16.4. The second-order valence-electron chi connectivity index (χ2n) is 4.09. The molecule has 0 aliphatic heterocycles. The minimum atomic E-state index is -0.997. The van der Waals surface area contributed by atoms with E-state index >= 15 is 0 Å². The van der Waals surface area contributed by atoms with Crippen LogP contribution in [0, 0.1) is 12.8 Å². The Bertz CT molecular complexity index is 424. The van der Waals surface area contributed by atoms with Crippen molar-refractivity contribution in [1.29, 1.82) is 0 Å². The van der Waals surface area contributed by atoms with Crippen LogP contribution in [0.25, 0.3) is 0 Å². The van der Waals surface area contributed by atoms with Gasteiger partial charge in [0.05, 0.1) is 5.56 Å². The van der Waals surface area contributed by atoms with E-state index in [4.69, 9.17) is 5.11 Å². The Balaban J connectivity index is 2.97. The van der Waals surface area contributed by atoms with Crippen molar-refractivity contribution in [2.24, 2.45) is 5.92 Å². The molecule has 0 unspecified atom stereocenters. The molecule has 86 valence electrons. The van der Waals surface area contributed by atoms with Gasteiger partial charge in [-0.1, -0.05) is 13.8 Å². The standard InChI is InChI=1S/C12H15NO3/c1-7(2)11(14)6-10-5-9(12(15)16)4-8(3)13-10/h4-5,7H,6H2,1-3H3,(H,15,16). The Hall–Kier alpha value is -1.71. The Morgan fingerprint density at radius 2 is 2.00 bits per heavy atom. The van der Waals surface area contributed by atoms with Crippen LogP contribution in [-0.4, -0.2) is 21.8 Å². The van der Waals surface area contributed by atoms with Crippen LogP contribution in [0.15, 0.2) is 12.1 Å². The van der Waals surface area contributed by atoms with Crippen molar-refractivity contribution in [2.75, 3.05) is 0 Å². The minimum Gasteiger partial charge on any atom is -0.478 e. The number of carbonyl (C=O) groups is 2. The van der Waals surface area contributed by atoms with Crippen molar-refractivity contribution < 1.29 is 14.7 Å². The first-order valence-electron chi connectivity index (χ1n) is 5.13. The summed E-state index contributed by atoms with van der Waals surface area (Å²) in [6.07, 6.45) is 0.194. The lowest BCUT2D eigenvalue weighted by molar-refractivity contribution is -0.121. The number of nitrogens with zero attached hydrogens (tertiary/aromatic N) is 1. The SMILES string of the molecule is Cc1cc(C(=O)O)cc(CC(=O)C(C)C)n1. The first-order chi connectivity index (χ1) is 7.40. The summed E-state index contributed by atoms with van der Waals surface area (Å²) in [6, 6.07) is 2.95. The van der Waals surface area contributed by atoms with Crippen molar-refractivity contribution in [3.05, 3.63) is 29.1 Å². The fourth-order valence-corrected chi connectivity index (χ4v) is 1.33. The van der Waals surface area contributed by atoms with E-state index in [-0.39, 0.29) is 23.7 Å². The second-order valence-corrected chi connectivity index (χ2v) is 4.09. The van der Waals surface area contributed by atoms with E-state index < -0.39 is 5.97 Å². The van der Waals surface area contributed by atoms with Gasteiger partial charge in [0.15, 0.2) is 0 Å². The van der Waals surface area contributed by atoms with Crippen LogP contribution in [0.2, 0.25) is 0 Å². The van der Waals surface area contributed by atoms with Gasteiger partial charge in [-0.05, 0) is 19.1 Å². The molecule has 4 heteroatoms. The summed E-state index contributed by atoms with van der Waals surface area (Å²) in [6.45, 7) is 5.35. The number of aryl methyl sites for hydroxylation is 1. The Morgan fingerprint density at radius 3 is 2.50 bits per heavy atom. The summed E-state index contributed by atoms with van der Waals surface area (Å²) in [5.74, 6) is -0.992. The molecular formula is C12H15NO3. The molecule has 0 aliphatic carbocycles. The molecule has 1 aromatic rings. The molecule has 0 radical (unpaired) electrons. The maximum Gasteiger partial charge on any atom is 0.335 e. The van der Waals surface area contributed by atoms with Gasteiger partial charge in [-0.2, -0.15) is 0 Å². The number of rotatable bonds is 4. The monoisotopic (exact) mass is 221 g/mol. The van der Waals surface area contributed by atoms with Gasteiger partial charge in [0.25, 0.3) is 0 Å². The number of ketones is 1. The molecule has 0 saturated heterocycles. The number of Topliss-reactive ketones (excluding diaryl/α,β-unsaturated/α-hetero) is 1. The van der Waals surface area contributed by atoms with Crippen molar-refractivity contribution in [2.45, 2.75) is 27.2 Å². The largest absolute Gasteiger partial charge is 0.478 e. The minimum absolute atomic E-state index is 0.0596. The second kappa shape index (κ2) is 4.88. The van der Waals surface area contributed by atoms with Crippen LogP contribution in [0.5, 0.6) is 0 Å². The number of hydrogen-bond donors (Lipinski definition) is 1. The zero-order chi connectivity index (χ0) is 12.3. The van der Waals surface area contributed by atoms with Gasteiger partial charge in [0.2, 0.25) is 0 Å². The van der Waals surface area contributed by atoms with Crippen molar-refractivity contribution in [3.63, 3.8) is 0 Å². The molecule has 1 rings (SSSR count). The first kappa shape index (κ1) is 12.4. The Kier molecular flexibility index (Phi) is 3.77. The number of carbonyl (C=O) groups excluding carboxylic acids is 1. The summed E-state index contributed by atoms with van der Waals surface area (Å²) in [7, 11) is 0. The summed E-state index contributed by atoms with van der Waals surface area (Å²) >= 11 is 0. The average Bonchev–Trinajstić information content (AvgIpc) is 2.16. The number of hydrogen-bond acceptors (Lipinski definition) is 3. The molecule has 0 bridgehead atoms. The maximum atomic E-state index is 11.5. The smallest absolute Gasteiger partial charge is 0.335 e. The number of carboxylic acid groups (broad SMARTS) is 1. The Morgan fingerprint density at radius 1 is 1.38 bits per heavy atom. The molecule has 0 fully saturated rings. The van der Waals surface area contributed by atoms with Gasteiger partial charge in [0.1, 0.15) is 5.78 Å². The molecule has 1 N–H and O–H groups in total. The molecule has 1 aromatic heterocycles. The predicted molar refractivity (Wildman–Crippen MR) is 59.5 cm³/mol. The molecule has 0 saturated carbocycles. The lowest BCUT2D eigenvalue weighted by Crippen LogP contribution is -2.12. The number of aromatic carboxylic acids is 1. The molecule has 0 spiro atoms. The molecule has 16 heavy (non-hydrogen) atoms. The van der Waals surface area contributed by atoms with E-state index in [1.807, 2.05) is 13.8 Å². The topological polar surface area (TPSA) is 67.3 Å². The molecule has 4 nitrogen and oxygen atoms in total. The van der Waals surface area contributed by atoms with Crippen molar-refractivity contribution in [1.82, 2.24) is 4.98 Å². The average molecular weight is 221 g/mol. The predicted octanol–water partition coefficient (Wildman–Crippen LogP) is 1.86. The highest BCUT2D eigenvalue weighted by Crippen LogP contribution is 2.09. The van der Waals surface area contributed by atoms with Crippen LogP contribution < -0.4 is 0 Å². The van der Waals surface area contributed by atoms with E-state index in [2.05, 4.69) is 4.98 Å². The van der Waals surface area contributed by atoms with Gasteiger partial charge < -0.3 is 5.11 Å². The summed E-state index contributed by atoms with van der Waals surface area (Å²) in [5.41, 5.74) is 1.32. The molecule has 0 aromatic carbocycles. The summed E-state index contributed by atoms with van der Waals surface area (Å²) in [4.78, 5) is 26.5. The maximum absolute atomic E-state index is 11.5. The van der Waals surface area contributed by atoms with E-state index in [9.17, 15) is 9.59 Å². The van der Waals surface area contributed by atoms with E-state index in [1.54, 1.807) is 6.92 Å². The zero-order valence-corrected chi connectivity index (χ0v) is 9.65. The molecule has 0 amide bonds. The fraction of sp³-hybridized carbons (Fsp3) is 0.417. The van der Waals surface area contributed by atoms with E-state index in [0.717, 1.165) is 0 Å². The lowest BCUT2D eigenvalue weighted by atomic mass is 10.0.